The van der Waals surface area contributed by atoms with Crippen molar-refractivity contribution in [3.05, 3.63) is 53.3 Å². The number of aryl methyl sites for hydroxylation is 2. The first-order chi connectivity index (χ1) is 13.0. The van der Waals surface area contributed by atoms with Crippen molar-refractivity contribution < 1.29 is 9.59 Å². The molecule has 0 spiro atoms. The van der Waals surface area contributed by atoms with Crippen LogP contribution in [0, 0.1) is 13.8 Å². The molecule has 27 heavy (non-hydrogen) atoms. The van der Waals surface area contributed by atoms with Crippen LogP contribution in [0.2, 0.25) is 0 Å². The fourth-order valence-electron chi connectivity index (χ4n) is 3.40. The predicted octanol–water partition coefficient (Wildman–Crippen LogP) is 2.23. The second-order valence-electron chi connectivity index (χ2n) is 7.05. The molecule has 1 aliphatic rings. The van der Waals surface area contributed by atoms with E-state index in [1.165, 1.54) is 0 Å². The molecule has 1 N–H and O–H groups in total. The highest BCUT2D eigenvalue weighted by atomic mass is 16.2. The minimum atomic E-state index is -0.0878. The Morgan fingerprint density at radius 1 is 1.07 bits per heavy atom. The largest absolute Gasteiger partial charge is 0.336 e. The van der Waals surface area contributed by atoms with E-state index < -0.39 is 0 Å². The van der Waals surface area contributed by atoms with E-state index in [4.69, 9.17) is 0 Å². The Hall–Kier alpha value is -2.83. The fraction of sp³-hybridized carbons (Fsp3) is 0.450. The normalized spacial score (nSPS) is 15.5. The summed E-state index contributed by atoms with van der Waals surface area (Å²) in [5, 5.41) is 7.45. The van der Waals surface area contributed by atoms with Gasteiger partial charge >= 0.3 is 6.03 Å². The van der Waals surface area contributed by atoms with Crippen LogP contribution in [0.25, 0.3) is 0 Å². The molecule has 3 rings (SSSR count). The molecular formula is C20H27N5O2. The Bertz CT molecular complexity index is 794. The summed E-state index contributed by atoms with van der Waals surface area (Å²) in [6.07, 6.45) is 0. The number of aromatic nitrogens is 2. The first-order valence-corrected chi connectivity index (χ1v) is 9.35. The van der Waals surface area contributed by atoms with Crippen molar-refractivity contribution in [1.29, 1.82) is 0 Å². The third-order valence-electron chi connectivity index (χ3n) is 4.89. The lowest BCUT2D eigenvalue weighted by Crippen LogP contribution is -2.53. The molecule has 3 amide bonds. The van der Waals surface area contributed by atoms with E-state index in [-0.39, 0.29) is 18.0 Å². The zero-order valence-corrected chi connectivity index (χ0v) is 16.2. The van der Waals surface area contributed by atoms with Gasteiger partial charge in [-0.3, -0.25) is 9.48 Å². The molecule has 1 aromatic carbocycles. The molecule has 2 aromatic rings. The van der Waals surface area contributed by atoms with Gasteiger partial charge in [-0.1, -0.05) is 18.2 Å². The number of benzene rings is 1. The monoisotopic (exact) mass is 369 g/mol. The third kappa shape index (κ3) is 4.48. The molecule has 2 heterocycles. The summed E-state index contributed by atoms with van der Waals surface area (Å²) in [5.74, 6) is 0.0220. The molecule has 0 aliphatic carbocycles. The Balaban J connectivity index is 1.47. The van der Waals surface area contributed by atoms with E-state index in [1.54, 1.807) is 9.80 Å². The Morgan fingerprint density at radius 3 is 2.30 bits per heavy atom. The number of amides is 3. The van der Waals surface area contributed by atoms with Gasteiger partial charge in [0.15, 0.2) is 0 Å². The van der Waals surface area contributed by atoms with Crippen LogP contribution in [-0.2, 0) is 0 Å². The molecule has 144 valence electrons. The molecule has 0 radical (unpaired) electrons. The van der Waals surface area contributed by atoms with E-state index >= 15 is 0 Å². The number of carbonyl (C=O) groups is 2. The van der Waals surface area contributed by atoms with Gasteiger partial charge in [-0.2, -0.15) is 5.10 Å². The minimum Gasteiger partial charge on any atom is -0.336 e. The van der Waals surface area contributed by atoms with Crippen molar-refractivity contribution in [3.8, 4) is 0 Å². The maximum Gasteiger partial charge on any atom is 0.317 e. The number of carbonyl (C=O) groups excluding carboxylic acids is 2. The van der Waals surface area contributed by atoms with E-state index in [1.807, 2.05) is 61.9 Å². The topological polar surface area (TPSA) is 70.5 Å². The predicted molar refractivity (Wildman–Crippen MR) is 104 cm³/mol. The van der Waals surface area contributed by atoms with Crippen molar-refractivity contribution in [3.63, 3.8) is 0 Å². The van der Waals surface area contributed by atoms with Gasteiger partial charge in [-0.25, -0.2) is 4.79 Å². The number of nitrogens with one attached hydrogen (secondary N) is 1. The van der Waals surface area contributed by atoms with E-state index in [0.29, 0.717) is 38.3 Å². The maximum absolute atomic E-state index is 12.5. The summed E-state index contributed by atoms with van der Waals surface area (Å²) in [6.45, 7) is 8.71. The van der Waals surface area contributed by atoms with Crippen LogP contribution >= 0.6 is 0 Å². The molecule has 1 fully saturated rings. The van der Waals surface area contributed by atoms with Crippen LogP contribution in [0.4, 0.5) is 4.79 Å². The molecular weight excluding hydrogens is 342 g/mol. The van der Waals surface area contributed by atoms with Crippen LogP contribution in [-0.4, -0.2) is 64.2 Å². The zero-order chi connectivity index (χ0) is 19.4. The SMILES string of the molecule is Cc1cc(C)n(C(C)CNC(=O)N2CCN(C(=O)c3ccccc3)CC2)n1. The van der Waals surface area contributed by atoms with E-state index in [2.05, 4.69) is 10.4 Å². The second-order valence-corrected chi connectivity index (χ2v) is 7.05. The standard InChI is InChI=1S/C20H27N5O2/c1-15-13-16(2)25(22-15)17(3)14-21-20(27)24-11-9-23(10-12-24)19(26)18-7-5-4-6-8-18/h4-8,13,17H,9-12,14H2,1-3H3,(H,21,27). The van der Waals surface area contributed by atoms with Gasteiger partial charge in [0.25, 0.3) is 5.91 Å². The summed E-state index contributed by atoms with van der Waals surface area (Å²) >= 11 is 0. The van der Waals surface area contributed by atoms with Crippen molar-refractivity contribution in [2.24, 2.45) is 0 Å². The van der Waals surface area contributed by atoms with E-state index in [0.717, 1.165) is 11.4 Å². The van der Waals surface area contributed by atoms with Crippen LogP contribution in [0.1, 0.15) is 34.7 Å². The molecule has 1 aliphatic heterocycles. The van der Waals surface area contributed by atoms with Gasteiger partial charge in [0.2, 0.25) is 0 Å². The quantitative estimate of drug-likeness (QED) is 0.898. The van der Waals surface area contributed by atoms with Crippen LogP contribution in [0.15, 0.2) is 36.4 Å². The lowest BCUT2D eigenvalue weighted by molar-refractivity contribution is 0.0664. The van der Waals surface area contributed by atoms with Gasteiger partial charge in [-0.15, -0.1) is 0 Å². The smallest absolute Gasteiger partial charge is 0.317 e. The lowest BCUT2D eigenvalue weighted by Gasteiger charge is -2.35. The molecule has 7 heteroatoms. The first kappa shape index (κ1) is 18.9. The first-order valence-electron chi connectivity index (χ1n) is 9.35. The number of rotatable bonds is 4. The van der Waals surface area contributed by atoms with Gasteiger partial charge in [0.05, 0.1) is 11.7 Å². The fourth-order valence-corrected chi connectivity index (χ4v) is 3.40. The van der Waals surface area contributed by atoms with Crippen LogP contribution < -0.4 is 5.32 Å². The number of nitrogens with zero attached hydrogens (tertiary/aromatic N) is 4. The molecule has 1 atom stereocenters. The highest BCUT2D eigenvalue weighted by molar-refractivity contribution is 5.94. The van der Waals surface area contributed by atoms with Gasteiger partial charge < -0.3 is 15.1 Å². The summed E-state index contributed by atoms with van der Waals surface area (Å²) in [4.78, 5) is 28.5. The molecule has 0 bridgehead atoms. The molecule has 1 saturated heterocycles. The molecule has 0 saturated carbocycles. The third-order valence-corrected chi connectivity index (χ3v) is 4.89. The summed E-state index contributed by atoms with van der Waals surface area (Å²) in [5.41, 5.74) is 2.75. The summed E-state index contributed by atoms with van der Waals surface area (Å²) < 4.78 is 1.94. The van der Waals surface area contributed by atoms with Gasteiger partial charge in [0, 0.05) is 44.0 Å². The molecule has 7 nitrogen and oxygen atoms in total. The average Bonchev–Trinajstić information content (AvgIpc) is 3.04. The Kier molecular flexibility index (Phi) is 5.78. The van der Waals surface area contributed by atoms with Crippen LogP contribution in [0.5, 0.6) is 0 Å². The van der Waals surface area contributed by atoms with Crippen molar-refractivity contribution >= 4 is 11.9 Å². The number of urea groups is 1. The number of hydrogen-bond donors (Lipinski definition) is 1. The lowest BCUT2D eigenvalue weighted by atomic mass is 10.2. The zero-order valence-electron chi connectivity index (χ0n) is 16.2. The minimum absolute atomic E-state index is 0.0220. The number of hydrogen-bond acceptors (Lipinski definition) is 3. The van der Waals surface area contributed by atoms with Crippen LogP contribution in [0.3, 0.4) is 0 Å². The summed E-state index contributed by atoms with van der Waals surface area (Å²) in [6, 6.07) is 11.3. The maximum atomic E-state index is 12.5. The Labute approximate surface area is 159 Å². The van der Waals surface area contributed by atoms with Gasteiger partial charge in [-0.05, 0) is 39.0 Å². The van der Waals surface area contributed by atoms with Gasteiger partial charge in [0.1, 0.15) is 0 Å². The summed E-state index contributed by atoms with van der Waals surface area (Å²) in [7, 11) is 0. The highest BCUT2D eigenvalue weighted by Gasteiger charge is 2.25. The van der Waals surface area contributed by atoms with Crippen molar-refractivity contribution in [1.82, 2.24) is 24.9 Å². The average molecular weight is 369 g/mol. The number of piperazine rings is 1. The van der Waals surface area contributed by atoms with E-state index in [9.17, 15) is 9.59 Å². The molecule has 1 aromatic heterocycles. The van der Waals surface area contributed by atoms with Crippen molar-refractivity contribution in [2.45, 2.75) is 26.8 Å². The van der Waals surface area contributed by atoms with Crippen molar-refractivity contribution in [2.75, 3.05) is 32.7 Å². The second kappa shape index (κ2) is 8.24. The highest BCUT2D eigenvalue weighted by Crippen LogP contribution is 2.11. The molecule has 1 unspecified atom stereocenters. The Morgan fingerprint density at radius 2 is 1.70 bits per heavy atom.